The second-order valence-electron chi connectivity index (χ2n) is 6.14. The number of aryl methyl sites for hydroxylation is 1. The van der Waals surface area contributed by atoms with Crippen LogP contribution in [-0.2, 0) is 14.8 Å². The first-order valence-corrected chi connectivity index (χ1v) is 9.62. The van der Waals surface area contributed by atoms with E-state index in [4.69, 9.17) is 0 Å². The molecule has 3 aromatic carbocycles. The number of fused-ring (bicyclic) bond motifs is 1. The third-order valence-corrected chi connectivity index (χ3v) is 6.02. The van der Waals surface area contributed by atoms with E-state index in [0.29, 0.717) is 15.3 Å². The number of carboxylic acid groups (broad SMARTS) is 1. The summed E-state index contributed by atoms with van der Waals surface area (Å²) in [6.45, 7) is 0.695. The van der Waals surface area contributed by atoms with Crippen molar-refractivity contribution in [3.05, 3.63) is 76.3 Å². The van der Waals surface area contributed by atoms with Crippen molar-refractivity contribution in [2.75, 3.05) is 10.8 Å². The molecule has 9 heteroatoms. The number of nitrogens with zero attached hydrogens (tertiary/aromatic N) is 2. The Kier molecular flexibility index (Phi) is 5.02. The molecule has 0 fully saturated rings. The second kappa shape index (κ2) is 7.28. The molecule has 8 nitrogen and oxygen atoms in total. The Labute approximate surface area is 160 Å². The molecule has 1 N–H and O–H groups in total. The highest BCUT2D eigenvalue weighted by Gasteiger charge is 2.29. The molecule has 0 unspecified atom stereocenters. The van der Waals surface area contributed by atoms with Gasteiger partial charge < -0.3 is 5.11 Å². The molecule has 0 atom stereocenters. The van der Waals surface area contributed by atoms with Crippen LogP contribution in [0.4, 0.5) is 11.4 Å². The topological polar surface area (TPSA) is 118 Å². The Morgan fingerprint density at radius 1 is 1.07 bits per heavy atom. The number of carbonyl (C=O) groups is 1. The summed E-state index contributed by atoms with van der Waals surface area (Å²) >= 11 is 0. The lowest BCUT2D eigenvalue weighted by Gasteiger charge is -2.24. The van der Waals surface area contributed by atoms with Gasteiger partial charge in [-0.1, -0.05) is 36.4 Å². The van der Waals surface area contributed by atoms with Gasteiger partial charge in [-0.15, -0.1) is 0 Å². The van der Waals surface area contributed by atoms with Crippen LogP contribution in [0.3, 0.4) is 0 Å². The minimum Gasteiger partial charge on any atom is -0.480 e. The molecule has 144 valence electrons. The summed E-state index contributed by atoms with van der Waals surface area (Å²) in [5.74, 6) is -1.38. The molecule has 28 heavy (non-hydrogen) atoms. The molecule has 0 aromatic heterocycles. The van der Waals surface area contributed by atoms with E-state index in [-0.39, 0.29) is 16.3 Å². The maximum Gasteiger partial charge on any atom is 0.324 e. The maximum atomic E-state index is 13.2. The summed E-state index contributed by atoms with van der Waals surface area (Å²) in [6, 6.07) is 15.3. The van der Waals surface area contributed by atoms with Crippen molar-refractivity contribution in [3.63, 3.8) is 0 Å². The highest BCUT2D eigenvalue weighted by molar-refractivity contribution is 7.92. The van der Waals surface area contributed by atoms with Crippen molar-refractivity contribution < 1.29 is 23.2 Å². The zero-order chi connectivity index (χ0) is 20.5. The SMILES string of the molecule is Cc1ccc([N+](=O)[O-])cc1N(CC(=O)O)S(=O)(=O)c1ccc2ccccc2c1. The third-order valence-electron chi connectivity index (χ3n) is 4.26. The van der Waals surface area contributed by atoms with E-state index in [0.717, 1.165) is 11.5 Å². The molecule has 0 saturated heterocycles. The number of hydrogen-bond donors (Lipinski definition) is 1. The summed E-state index contributed by atoms with van der Waals surface area (Å²) in [4.78, 5) is 21.7. The highest BCUT2D eigenvalue weighted by atomic mass is 32.2. The normalized spacial score (nSPS) is 11.3. The number of carboxylic acids is 1. The molecule has 0 saturated carbocycles. The number of nitro groups is 1. The molecular weight excluding hydrogens is 384 g/mol. The maximum absolute atomic E-state index is 13.2. The van der Waals surface area contributed by atoms with Gasteiger partial charge in [0, 0.05) is 12.1 Å². The molecule has 3 aromatic rings. The predicted octanol–water partition coefficient (Wildman–Crippen LogP) is 3.34. The summed E-state index contributed by atoms with van der Waals surface area (Å²) in [6.07, 6.45) is 0. The number of sulfonamides is 1. The van der Waals surface area contributed by atoms with Crippen LogP contribution in [0, 0.1) is 17.0 Å². The van der Waals surface area contributed by atoms with Crippen molar-refractivity contribution in [2.45, 2.75) is 11.8 Å². The van der Waals surface area contributed by atoms with Crippen molar-refractivity contribution in [1.82, 2.24) is 0 Å². The van der Waals surface area contributed by atoms with E-state index in [9.17, 15) is 28.4 Å². The van der Waals surface area contributed by atoms with Gasteiger partial charge in [-0.3, -0.25) is 19.2 Å². The first-order valence-electron chi connectivity index (χ1n) is 8.18. The van der Waals surface area contributed by atoms with E-state index < -0.39 is 27.5 Å². The lowest BCUT2D eigenvalue weighted by atomic mass is 10.1. The van der Waals surface area contributed by atoms with Gasteiger partial charge >= 0.3 is 5.97 Å². The van der Waals surface area contributed by atoms with Crippen LogP contribution in [-0.4, -0.2) is 31.0 Å². The smallest absolute Gasteiger partial charge is 0.324 e. The number of benzene rings is 3. The van der Waals surface area contributed by atoms with Crippen LogP contribution >= 0.6 is 0 Å². The minimum absolute atomic E-state index is 0.0511. The first-order chi connectivity index (χ1) is 13.2. The van der Waals surface area contributed by atoms with Crippen LogP contribution in [0.2, 0.25) is 0 Å². The van der Waals surface area contributed by atoms with Crippen LogP contribution in [0.5, 0.6) is 0 Å². The molecule has 0 heterocycles. The van der Waals surface area contributed by atoms with Crippen LogP contribution in [0.1, 0.15) is 5.56 Å². The average Bonchev–Trinajstić information content (AvgIpc) is 2.66. The van der Waals surface area contributed by atoms with Crippen molar-refractivity contribution >= 4 is 38.1 Å². The van der Waals surface area contributed by atoms with E-state index in [1.807, 2.05) is 12.1 Å². The van der Waals surface area contributed by atoms with Crippen LogP contribution < -0.4 is 4.31 Å². The van der Waals surface area contributed by atoms with Gasteiger partial charge in [0.05, 0.1) is 15.5 Å². The van der Waals surface area contributed by atoms with Crippen molar-refractivity contribution in [2.24, 2.45) is 0 Å². The Hall–Kier alpha value is -3.46. The van der Waals surface area contributed by atoms with Gasteiger partial charge in [-0.05, 0) is 35.4 Å². The molecule has 0 aliphatic carbocycles. The predicted molar refractivity (Wildman–Crippen MR) is 104 cm³/mol. The molecule has 3 rings (SSSR count). The zero-order valence-corrected chi connectivity index (χ0v) is 15.6. The minimum atomic E-state index is -4.28. The van der Waals surface area contributed by atoms with Gasteiger partial charge in [-0.25, -0.2) is 8.42 Å². The lowest BCUT2D eigenvalue weighted by Crippen LogP contribution is -2.36. The van der Waals surface area contributed by atoms with Gasteiger partial charge in [0.15, 0.2) is 0 Å². The average molecular weight is 400 g/mol. The van der Waals surface area contributed by atoms with Crippen LogP contribution in [0.15, 0.2) is 65.6 Å². The largest absolute Gasteiger partial charge is 0.480 e. The van der Waals surface area contributed by atoms with E-state index in [2.05, 4.69) is 0 Å². The lowest BCUT2D eigenvalue weighted by molar-refractivity contribution is -0.384. The standard InChI is InChI=1S/C19H16N2O6S/c1-13-6-8-16(21(24)25)11-18(13)20(12-19(22)23)28(26,27)17-9-7-14-4-2-3-5-15(14)10-17/h2-11H,12H2,1H3,(H,22,23). The fraction of sp³-hybridized carbons (Fsp3) is 0.105. The molecule has 0 radical (unpaired) electrons. The van der Waals surface area contributed by atoms with E-state index in [1.165, 1.54) is 24.3 Å². The van der Waals surface area contributed by atoms with Gasteiger partial charge in [0.2, 0.25) is 0 Å². The van der Waals surface area contributed by atoms with E-state index >= 15 is 0 Å². The quantitative estimate of drug-likeness (QED) is 0.501. The third kappa shape index (κ3) is 3.65. The summed E-state index contributed by atoms with van der Waals surface area (Å²) < 4.78 is 27.2. The number of non-ortho nitro benzene ring substituents is 1. The van der Waals surface area contributed by atoms with Gasteiger partial charge in [0.1, 0.15) is 6.54 Å². The number of nitro benzene ring substituents is 1. The summed E-state index contributed by atoms with van der Waals surface area (Å²) in [7, 11) is -4.28. The second-order valence-corrected chi connectivity index (χ2v) is 8.00. The van der Waals surface area contributed by atoms with E-state index in [1.54, 1.807) is 25.1 Å². The first kappa shape index (κ1) is 19.3. The Morgan fingerprint density at radius 2 is 1.75 bits per heavy atom. The number of hydrogen-bond acceptors (Lipinski definition) is 5. The Bertz CT molecular complexity index is 1190. The molecule has 0 spiro atoms. The highest BCUT2D eigenvalue weighted by Crippen LogP contribution is 2.31. The molecule has 0 aliphatic rings. The van der Waals surface area contributed by atoms with Gasteiger partial charge in [0.25, 0.3) is 15.7 Å². The summed E-state index contributed by atoms with van der Waals surface area (Å²) in [5.41, 5.74) is 0.0191. The van der Waals surface area contributed by atoms with Crippen molar-refractivity contribution in [3.8, 4) is 0 Å². The summed E-state index contributed by atoms with van der Waals surface area (Å²) in [5, 5.41) is 21.9. The number of anilines is 1. The van der Waals surface area contributed by atoms with Crippen LogP contribution in [0.25, 0.3) is 10.8 Å². The van der Waals surface area contributed by atoms with Crippen molar-refractivity contribution in [1.29, 1.82) is 0 Å². The Balaban J connectivity index is 2.19. The monoisotopic (exact) mass is 400 g/mol. The van der Waals surface area contributed by atoms with Gasteiger partial charge in [-0.2, -0.15) is 0 Å². The zero-order valence-electron chi connectivity index (χ0n) is 14.8. The molecule has 0 bridgehead atoms. The molecule has 0 amide bonds. The molecular formula is C19H16N2O6S. The number of rotatable bonds is 6. The fourth-order valence-electron chi connectivity index (χ4n) is 2.86. The Morgan fingerprint density at radius 3 is 2.39 bits per heavy atom. The fourth-order valence-corrected chi connectivity index (χ4v) is 4.36. The number of aliphatic carboxylic acids is 1. The molecule has 0 aliphatic heterocycles.